The van der Waals surface area contributed by atoms with Crippen molar-refractivity contribution in [1.29, 1.82) is 0 Å². The zero-order chi connectivity index (χ0) is 28.9. The number of ether oxygens (including phenoxy) is 2. The lowest BCUT2D eigenvalue weighted by Crippen LogP contribution is -2.45. The van der Waals surface area contributed by atoms with Crippen molar-refractivity contribution in [1.82, 2.24) is 19.8 Å². The Labute approximate surface area is 247 Å². The van der Waals surface area contributed by atoms with E-state index < -0.39 is 0 Å². The second kappa shape index (κ2) is 13.0. The molecule has 1 aromatic heterocycles. The Balaban J connectivity index is 1.25. The van der Waals surface area contributed by atoms with Crippen molar-refractivity contribution in [2.75, 3.05) is 75.9 Å². The Morgan fingerprint density at radius 3 is 2.74 bits per heavy atom. The van der Waals surface area contributed by atoms with E-state index in [1.165, 1.54) is 5.56 Å². The van der Waals surface area contributed by atoms with Crippen LogP contribution in [0.15, 0.2) is 48.7 Å². The van der Waals surface area contributed by atoms with Gasteiger partial charge in [0.1, 0.15) is 24.5 Å². The fraction of sp³-hybridized carbons (Fsp3) is 0.469. The van der Waals surface area contributed by atoms with E-state index in [0.29, 0.717) is 19.2 Å². The van der Waals surface area contributed by atoms with Gasteiger partial charge >= 0.3 is 6.01 Å². The van der Waals surface area contributed by atoms with E-state index in [-0.39, 0.29) is 11.9 Å². The minimum atomic E-state index is 0.261. The summed E-state index contributed by atoms with van der Waals surface area (Å²) in [6.07, 6.45) is 7.54. The number of hydrogen-bond donors (Lipinski definition) is 1. The predicted molar refractivity (Wildman–Crippen MR) is 163 cm³/mol. The molecule has 10 heteroatoms. The van der Waals surface area contributed by atoms with E-state index in [9.17, 15) is 9.90 Å². The number of methoxy groups -OCH3 is 1. The number of phenolic OH excluding ortho intramolecular Hbond substituents is 1. The quantitative estimate of drug-likeness (QED) is 0.304. The second-order valence-corrected chi connectivity index (χ2v) is 11.3. The lowest BCUT2D eigenvalue weighted by Gasteiger charge is -2.38. The molecule has 222 valence electrons. The molecule has 2 saturated heterocycles. The fourth-order valence-corrected chi connectivity index (χ4v) is 6.37. The highest BCUT2D eigenvalue weighted by Crippen LogP contribution is 2.36. The zero-order valence-corrected chi connectivity index (χ0v) is 24.3. The number of anilines is 2. The van der Waals surface area contributed by atoms with Gasteiger partial charge in [0.05, 0.1) is 18.3 Å². The number of aromatic hydroxyl groups is 1. The molecule has 0 saturated carbocycles. The number of carbonyl (C=O) groups is 1. The molecule has 42 heavy (non-hydrogen) atoms. The summed E-state index contributed by atoms with van der Waals surface area (Å²) in [5, 5.41) is 12.6. The van der Waals surface area contributed by atoms with E-state index in [0.717, 1.165) is 106 Å². The summed E-state index contributed by atoms with van der Waals surface area (Å²) in [5.41, 5.74) is 3.14. The first-order valence-electron chi connectivity index (χ1n) is 15.0. The van der Waals surface area contributed by atoms with Crippen molar-refractivity contribution >= 4 is 28.6 Å². The number of benzene rings is 2. The van der Waals surface area contributed by atoms with Crippen LogP contribution in [0.1, 0.15) is 24.1 Å². The number of piperidine rings is 1. The average Bonchev–Trinajstić information content (AvgIpc) is 3.03. The van der Waals surface area contributed by atoms with Gasteiger partial charge in [-0.2, -0.15) is 9.97 Å². The first-order chi connectivity index (χ1) is 20.6. The van der Waals surface area contributed by atoms with Crippen LogP contribution in [0.5, 0.6) is 11.8 Å². The SMILES string of the molecule is CO[C@H]1CCCN(CCOc2nc3c(c(N4CCN(C=CC=O)CC4)n2)CCN(c2cc(O)cc4ccccc24)C3)C1. The van der Waals surface area contributed by atoms with Crippen molar-refractivity contribution in [2.45, 2.75) is 31.9 Å². The Hall–Kier alpha value is -3.89. The van der Waals surface area contributed by atoms with Crippen LogP contribution in [0.3, 0.4) is 0 Å². The number of carbonyl (C=O) groups excluding carboxylic acids is 1. The summed E-state index contributed by atoms with van der Waals surface area (Å²) in [4.78, 5) is 29.9. The maximum Gasteiger partial charge on any atom is 0.318 e. The summed E-state index contributed by atoms with van der Waals surface area (Å²) in [5.74, 6) is 1.21. The molecule has 0 amide bonds. The molecule has 2 fully saturated rings. The molecule has 0 radical (unpaired) electrons. The Morgan fingerprint density at radius 2 is 1.90 bits per heavy atom. The molecule has 0 aliphatic carbocycles. The van der Waals surface area contributed by atoms with Crippen molar-refractivity contribution in [2.24, 2.45) is 0 Å². The number of hydrogen-bond acceptors (Lipinski definition) is 10. The van der Waals surface area contributed by atoms with Gasteiger partial charge in [0.2, 0.25) is 0 Å². The van der Waals surface area contributed by atoms with Gasteiger partial charge in [0.25, 0.3) is 0 Å². The average molecular weight is 573 g/mol. The number of fused-ring (bicyclic) bond motifs is 2. The highest BCUT2D eigenvalue weighted by atomic mass is 16.5. The Bertz CT molecular complexity index is 1420. The van der Waals surface area contributed by atoms with E-state index in [1.807, 2.05) is 36.5 Å². The fourth-order valence-electron chi connectivity index (χ4n) is 6.37. The highest BCUT2D eigenvalue weighted by molar-refractivity contribution is 5.95. The molecule has 0 spiro atoms. The molecule has 0 unspecified atom stereocenters. The molecule has 1 N–H and O–H groups in total. The number of allylic oxidation sites excluding steroid dienone is 1. The molecule has 6 rings (SSSR count). The van der Waals surface area contributed by atoms with Crippen LogP contribution in [0, 0.1) is 0 Å². The lowest BCUT2D eigenvalue weighted by atomic mass is 10.0. The van der Waals surface area contributed by atoms with Crippen LogP contribution in [-0.4, -0.2) is 103 Å². The highest BCUT2D eigenvalue weighted by Gasteiger charge is 2.28. The third-order valence-electron chi connectivity index (χ3n) is 8.61. The maximum absolute atomic E-state index is 10.8. The van der Waals surface area contributed by atoms with Gasteiger partial charge in [-0.3, -0.25) is 9.69 Å². The van der Waals surface area contributed by atoms with Crippen LogP contribution in [0.4, 0.5) is 11.5 Å². The first kappa shape index (κ1) is 28.2. The summed E-state index contributed by atoms with van der Waals surface area (Å²) in [6.45, 7) is 7.94. The number of rotatable bonds is 9. The second-order valence-electron chi connectivity index (χ2n) is 11.3. The minimum absolute atomic E-state index is 0.261. The normalized spacial score (nSPS) is 19.8. The molecule has 1 atom stereocenters. The molecule has 3 aromatic rings. The third kappa shape index (κ3) is 6.29. The van der Waals surface area contributed by atoms with E-state index in [4.69, 9.17) is 19.4 Å². The van der Waals surface area contributed by atoms with E-state index >= 15 is 0 Å². The van der Waals surface area contributed by atoms with Gasteiger partial charge in [-0.05, 0) is 43.3 Å². The van der Waals surface area contributed by atoms with Crippen LogP contribution >= 0.6 is 0 Å². The predicted octanol–water partition coefficient (Wildman–Crippen LogP) is 3.22. The number of phenols is 1. The smallest absolute Gasteiger partial charge is 0.318 e. The summed E-state index contributed by atoms with van der Waals surface area (Å²) in [6, 6.07) is 12.2. The molecule has 0 bridgehead atoms. The lowest BCUT2D eigenvalue weighted by molar-refractivity contribution is -0.104. The van der Waals surface area contributed by atoms with Gasteiger partial charge in [-0.25, -0.2) is 0 Å². The van der Waals surface area contributed by atoms with Crippen molar-refractivity contribution in [3.63, 3.8) is 0 Å². The third-order valence-corrected chi connectivity index (χ3v) is 8.61. The standard InChI is InChI=1S/C32H40N6O4/c1-41-26-7-4-10-36(22-26)17-19-42-32-33-29-23-38(30-21-25(40)20-24-6-2-3-8-27(24)30)12-9-28(29)31(34-32)37-15-13-35(14-16-37)11-5-18-39/h2-3,5-6,8,11,18,20-21,26,40H,4,7,9-10,12-17,19,22-23H2,1H3/t26-/m0/s1. The van der Waals surface area contributed by atoms with Crippen LogP contribution in [-0.2, 0) is 22.5 Å². The number of likely N-dealkylation sites (tertiary alicyclic amines) is 1. The summed E-state index contributed by atoms with van der Waals surface area (Å²) < 4.78 is 11.8. The number of aldehydes is 1. The van der Waals surface area contributed by atoms with Crippen LogP contribution in [0.2, 0.25) is 0 Å². The largest absolute Gasteiger partial charge is 0.508 e. The molecule has 4 heterocycles. The maximum atomic E-state index is 10.8. The molecular weight excluding hydrogens is 532 g/mol. The molecular formula is C32H40N6O4. The molecule has 10 nitrogen and oxygen atoms in total. The van der Waals surface area contributed by atoms with E-state index in [2.05, 4.69) is 25.7 Å². The van der Waals surface area contributed by atoms with Gasteiger partial charge in [0.15, 0.2) is 0 Å². The molecule has 3 aliphatic rings. The van der Waals surface area contributed by atoms with Crippen molar-refractivity contribution < 1.29 is 19.4 Å². The van der Waals surface area contributed by atoms with Gasteiger partial charge in [-0.15, -0.1) is 0 Å². The number of nitrogens with zero attached hydrogens (tertiary/aromatic N) is 6. The Morgan fingerprint density at radius 1 is 1.05 bits per heavy atom. The van der Waals surface area contributed by atoms with Gasteiger partial charge in [0, 0.05) is 81.8 Å². The monoisotopic (exact) mass is 572 g/mol. The van der Waals surface area contributed by atoms with Crippen LogP contribution in [0.25, 0.3) is 10.8 Å². The zero-order valence-electron chi connectivity index (χ0n) is 24.3. The Kier molecular flexibility index (Phi) is 8.71. The topological polar surface area (TPSA) is 94.5 Å². The molecule has 2 aromatic carbocycles. The van der Waals surface area contributed by atoms with Crippen molar-refractivity contribution in [3.8, 4) is 11.8 Å². The number of aromatic nitrogens is 2. The first-order valence-corrected chi connectivity index (χ1v) is 15.0. The van der Waals surface area contributed by atoms with Crippen molar-refractivity contribution in [3.05, 3.63) is 59.9 Å². The van der Waals surface area contributed by atoms with Gasteiger partial charge < -0.3 is 29.3 Å². The van der Waals surface area contributed by atoms with E-state index in [1.54, 1.807) is 13.2 Å². The molecule has 3 aliphatic heterocycles. The van der Waals surface area contributed by atoms with Crippen LogP contribution < -0.4 is 14.5 Å². The summed E-state index contributed by atoms with van der Waals surface area (Å²) >= 11 is 0. The van der Waals surface area contributed by atoms with Gasteiger partial charge in [-0.1, -0.05) is 24.3 Å². The number of piperazine rings is 1. The summed E-state index contributed by atoms with van der Waals surface area (Å²) in [7, 11) is 1.79. The minimum Gasteiger partial charge on any atom is -0.508 e.